The van der Waals surface area contributed by atoms with Crippen LogP contribution in [-0.4, -0.2) is 51.4 Å². The first-order valence-corrected chi connectivity index (χ1v) is 18.4. The summed E-state index contributed by atoms with van der Waals surface area (Å²) in [6, 6.07) is 0. The highest BCUT2D eigenvalue weighted by atomic mass is 79.9. The number of nitrogens with zero attached hydrogens (tertiary/aromatic N) is 1. The van der Waals surface area contributed by atoms with E-state index in [0.717, 1.165) is 51.6 Å². The van der Waals surface area contributed by atoms with Crippen LogP contribution in [0.5, 0.6) is 0 Å². The molecule has 0 rings (SSSR count). The summed E-state index contributed by atoms with van der Waals surface area (Å²) in [5.74, 6) is -1.12. The van der Waals surface area contributed by atoms with E-state index < -0.39 is 11.9 Å². The molecule has 0 radical (unpaired) electrons. The summed E-state index contributed by atoms with van der Waals surface area (Å²) < 4.78 is 0. The molecule has 6 nitrogen and oxygen atoms in total. The van der Waals surface area contributed by atoms with Crippen molar-refractivity contribution in [1.82, 2.24) is 4.90 Å². The summed E-state index contributed by atoms with van der Waals surface area (Å²) in [4.78, 5) is 35.4. The van der Waals surface area contributed by atoms with E-state index in [2.05, 4.69) is 20.8 Å². The molecular formula is C34H64BrNO5. The van der Waals surface area contributed by atoms with Crippen molar-refractivity contribution in [3.8, 4) is 0 Å². The number of amides is 1. The first-order chi connectivity index (χ1) is 20.0. The van der Waals surface area contributed by atoms with E-state index in [-0.39, 0.29) is 5.91 Å². The maximum absolute atomic E-state index is 12.3. The normalized spacial score (nSPS) is 11.1. The maximum Gasteiger partial charge on any atom is 0.303 e. The summed E-state index contributed by atoms with van der Waals surface area (Å²) in [6.45, 7) is 1.80. The molecular weight excluding hydrogens is 582 g/mol. The zero-order chi connectivity index (χ0) is 30.2. The fraction of sp³-hybridized carbons (Fsp3) is 0.912. The summed E-state index contributed by atoms with van der Waals surface area (Å²) in [5, 5.41) is 17.7. The molecule has 0 fully saturated rings. The van der Waals surface area contributed by atoms with Crippen molar-refractivity contribution in [2.24, 2.45) is 0 Å². The molecule has 0 bridgehead atoms. The van der Waals surface area contributed by atoms with Crippen LogP contribution in [0.15, 0.2) is 0 Å². The molecule has 0 unspecified atom stereocenters. The Bertz CT molecular complexity index is 572. The number of rotatable bonds is 33. The number of aliphatic carboxylic acids is 2. The lowest BCUT2D eigenvalue weighted by Crippen LogP contribution is -2.33. The Kier molecular flexibility index (Phi) is 31.0. The summed E-state index contributed by atoms with van der Waals surface area (Å²) in [7, 11) is 0. The first kappa shape index (κ1) is 39.9. The molecule has 7 heteroatoms. The van der Waals surface area contributed by atoms with Gasteiger partial charge in [0.25, 0.3) is 0 Å². The molecule has 0 aliphatic carbocycles. The molecule has 0 saturated carbocycles. The van der Waals surface area contributed by atoms with Crippen LogP contribution < -0.4 is 0 Å². The van der Waals surface area contributed by atoms with Gasteiger partial charge < -0.3 is 15.1 Å². The zero-order valence-electron chi connectivity index (χ0n) is 26.4. The minimum atomic E-state index is -0.675. The van der Waals surface area contributed by atoms with Crippen molar-refractivity contribution in [3.63, 3.8) is 0 Å². The van der Waals surface area contributed by atoms with Gasteiger partial charge >= 0.3 is 11.9 Å². The van der Waals surface area contributed by atoms with Crippen molar-refractivity contribution in [2.45, 2.75) is 180 Å². The lowest BCUT2D eigenvalue weighted by atomic mass is 10.0. The number of halogens is 1. The third kappa shape index (κ3) is 31.7. The Morgan fingerprint density at radius 3 is 0.829 bits per heavy atom. The lowest BCUT2D eigenvalue weighted by Gasteiger charge is -2.22. The molecule has 0 saturated heterocycles. The van der Waals surface area contributed by atoms with Crippen molar-refractivity contribution in [3.05, 3.63) is 0 Å². The van der Waals surface area contributed by atoms with Gasteiger partial charge in [-0.3, -0.25) is 14.4 Å². The van der Waals surface area contributed by atoms with Gasteiger partial charge in [-0.25, -0.2) is 0 Å². The quantitative estimate of drug-likeness (QED) is 0.0547. The second kappa shape index (κ2) is 31.8. The zero-order valence-corrected chi connectivity index (χ0v) is 28.0. The number of hydrogen-bond donors (Lipinski definition) is 2. The molecule has 41 heavy (non-hydrogen) atoms. The monoisotopic (exact) mass is 645 g/mol. The fourth-order valence-corrected chi connectivity index (χ4v) is 5.85. The average molecular weight is 647 g/mol. The molecule has 242 valence electrons. The van der Waals surface area contributed by atoms with Gasteiger partial charge in [0, 0.05) is 25.9 Å². The molecule has 0 aliphatic heterocycles. The van der Waals surface area contributed by atoms with Gasteiger partial charge in [0.1, 0.15) is 0 Å². The Hall–Kier alpha value is -1.11. The predicted octanol–water partition coefficient (Wildman–Crippen LogP) is 10.3. The number of carboxylic acids is 2. The van der Waals surface area contributed by atoms with Crippen LogP contribution >= 0.6 is 15.9 Å². The third-order valence-corrected chi connectivity index (χ3v) is 8.58. The van der Waals surface area contributed by atoms with Gasteiger partial charge in [0.2, 0.25) is 5.91 Å². The van der Waals surface area contributed by atoms with Crippen LogP contribution in [0, 0.1) is 0 Å². The fourth-order valence-electron chi connectivity index (χ4n) is 5.49. The van der Waals surface area contributed by atoms with Crippen molar-refractivity contribution >= 4 is 33.8 Å². The molecule has 2 N–H and O–H groups in total. The van der Waals surface area contributed by atoms with Crippen molar-refractivity contribution < 1.29 is 24.6 Å². The van der Waals surface area contributed by atoms with Crippen LogP contribution in [-0.2, 0) is 14.4 Å². The smallest absolute Gasteiger partial charge is 0.303 e. The van der Waals surface area contributed by atoms with Crippen LogP contribution in [0.25, 0.3) is 0 Å². The van der Waals surface area contributed by atoms with Crippen LogP contribution in [0.3, 0.4) is 0 Å². The van der Waals surface area contributed by atoms with Gasteiger partial charge in [-0.2, -0.15) is 0 Å². The maximum atomic E-state index is 12.3. The number of unbranched alkanes of at least 4 members (excludes halogenated alkanes) is 24. The number of carbonyl (C=O) groups is 3. The second-order valence-electron chi connectivity index (χ2n) is 12.0. The van der Waals surface area contributed by atoms with E-state index in [0.29, 0.717) is 18.2 Å². The summed E-state index contributed by atoms with van der Waals surface area (Å²) in [6.07, 6.45) is 32.1. The first-order valence-electron chi connectivity index (χ1n) is 17.2. The second-order valence-corrected chi connectivity index (χ2v) is 12.6. The average Bonchev–Trinajstić information content (AvgIpc) is 2.95. The molecule has 0 aliphatic rings. The SMILES string of the molecule is O=C(O)CCCCCCCCCCCCCCCN(CCCCCCCCCCCCCCCC(=O)O)C(=O)CBr. The molecule has 0 heterocycles. The van der Waals surface area contributed by atoms with Gasteiger partial charge in [-0.15, -0.1) is 0 Å². The highest BCUT2D eigenvalue weighted by Crippen LogP contribution is 2.15. The molecule has 0 aromatic carbocycles. The van der Waals surface area contributed by atoms with Gasteiger partial charge in [0.05, 0.1) is 5.33 Å². The third-order valence-electron chi connectivity index (χ3n) is 8.10. The highest BCUT2D eigenvalue weighted by molar-refractivity contribution is 9.09. The van der Waals surface area contributed by atoms with Crippen LogP contribution in [0.2, 0.25) is 0 Å². The summed E-state index contributed by atoms with van der Waals surface area (Å²) in [5.41, 5.74) is 0. The van der Waals surface area contributed by atoms with Crippen molar-refractivity contribution in [2.75, 3.05) is 18.4 Å². The van der Waals surface area contributed by atoms with Crippen molar-refractivity contribution in [1.29, 1.82) is 0 Å². The van der Waals surface area contributed by atoms with E-state index in [1.165, 1.54) is 128 Å². The molecule has 0 aromatic rings. The molecule has 0 atom stereocenters. The minimum absolute atomic E-state index is 0.230. The number of carboxylic acid groups (broad SMARTS) is 2. The Morgan fingerprint density at radius 1 is 0.390 bits per heavy atom. The minimum Gasteiger partial charge on any atom is -0.481 e. The number of carbonyl (C=O) groups excluding carboxylic acids is 1. The van der Waals surface area contributed by atoms with E-state index in [1.54, 1.807) is 0 Å². The largest absolute Gasteiger partial charge is 0.481 e. The number of alkyl halides is 1. The van der Waals surface area contributed by atoms with Crippen LogP contribution in [0.4, 0.5) is 0 Å². The predicted molar refractivity (Wildman–Crippen MR) is 175 cm³/mol. The number of hydrogen-bond acceptors (Lipinski definition) is 3. The molecule has 0 aromatic heterocycles. The molecule has 0 spiro atoms. The van der Waals surface area contributed by atoms with E-state index >= 15 is 0 Å². The topological polar surface area (TPSA) is 94.9 Å². The van der Waals surface area contributed by atoms with Crippen LogP contribution in [0.1, 0.15) is 180 Å². The van der Waals surface area contributed by atoms with Gasteiger partial charge in [-0.05, 0) is 25.7 Å². The van der Waals surface area contributed by atoms with E-state index in [1.807, 2.05) is 0 Å². The standard InChI is InChI=1S/C34H64BrNO5/c35-31-32(37)36(29-25-21-17-13-9-5-1-3-7-11-15-19-23-27-33(38)39)30-26-22-18-14-10-6-2-4-8-12-16-20-24-28-34(40)41/h1-31H2,(H,38,39)(H,40,41). The lowest BCUT2D eigenvalue weighted by molar-refractivity contribution is -0.138. The highest BCUT2D eigenvalue weighted by Gasteiger charge is 2.11. The Balaban J connectivity index is 3.51. The Morgan fingerprint density at radius 2 is 0.610 bits per heavy atom. The van der Waals surface area contributed by atoms with Gasteiger partial charge in [0.15, 0.2) is 0 Å². The molecule has 1 amide bonds. The van der Waals surface area contributed by atoms with E-state index in [4.69, 9.17) is 10.2 Å². The van der Waals surface area contributed by atoms with E-state index in [9.17, 15) is 14.4 Å². The Labute approximate surface area is 260 Å². The summed E-state index contributed by atoms with van der Waals surface area (Å²) >= 11 is 3.36. The van der Waals surface area contributed by atoms with Gasteiger partial charge in [-0.1, -0.05) is 157 Å².